The quantitative estimate of drug-likeness (QED) is 0.372. The van der Waals surface area contributed by atoms with Crippen LogP contribution in [0.25, 0.3) is 6.08 Å². The zero-order chi connectivity index (χ0) is 24.7. The van der Waals surface area contributed by atoms with Crippen LogP contribution in [-0.4, -0.2) is 37.1 Å². The van der Waals surface area contributed by atoms with Crippen LogP contribution in [0.3, 0.4) is 0 Å². The molecule has 34 heavy (non-hydrogen) atoms. The normalized spacial score (nSPS) is 10.9. The standard InChI is InChI=1S/C25H21BrN2O6/c1-33-21-10-8-15(12-18(21)26)13-20(28-23(29)16-6-4-3-5-7-16)24(30)27-19-14-17(25(31)32)9-11-22(19)34-2/h3-14H,1-2H3,(H,27,30)(H,28,29)(H,31,32)/b20-13+. The number of hydrogen-bond acceptors (Lipinski definition) is 5. The molecule has 174 valence electrons. The topological polar surface area (TPSA) is 114 Å². The van der Waals surface area contributed by atoms with Crippen molar-refractivity contribution >= 4 is 45.5 Å². The van der Waals surface area contributed by atoms with Crippen molar-refractivity contribution in [3.05, 3.63) is 93.6 Å². The van der Waals surface area contributed by atoms with E-state index in [2.05, 4.69) is 26.6 Å². The van der Waals surface area contributed by atoms with E-state index < -0.39 is 17.8 Å². The Kier molecular flexibility index (Phi) is 8.05. The highest BCUT2D eigenvalue weighted by Crippen LogP contribution is 2.28. The lowest BCUT2D eigenvalue weighted by Gasteiger charge is -2.14. The van der Waals surface area contributed by atoms with Crippen molar-refractivity contribution in [1.29, 1.82) is 0 Å². The van der Waals surface area contributed by atoms with Gasteiger partial charge >= 0.3 is 5.97 Å². The predicted octanol–water partition coefficient (Wildman–Crippen LogP) is 4.57. The van der Waals surface area contributed by atoms with Crippen molar-refractivity contribution in [3.8, 4) is 11.5 Å². The summed E-state index contributed by atoms with van der Waals surface area (Å²) in [5.41, 5.74) is 1.02. The van der Waals surface area contributed by atoms with Gasteiger partial charge in [0.1, 0.15) is 17.2 Å². The minimum Gasteiger partial charge on any atom is -0.496 e. The molecule has 0 spiro atoms. The van der Waals surface area contributed by atoms with E-state index >= 15 is 0 Å². The van der Waals surface area contributed by atoms with Gasteiger partial charge in [0.25, 0.3) is 11.8 Å². The first-order valence-corrected chi connectivity index (χ1v) is 10.8. The number of carboxylic acids is 1. The Morgan fingerprint density at radius 2 is 1.56 bits per heavy atom. The van der Waals surface area contributed by atoms with Gasteiger partial charge in [-0.15, -0.1) is 0 Å². The number of carboxylic acid groups (broad SMARTS) is 1. The summed E-state index contributed by atoms with van der Waals surface area (Å²) in [6.07, 6.45) is 1.49. The van der Waals surface area contributed by atoms with E-state index in [-0.39, 0.29) is 22.7 Å². The molecule has 0 bridgehead atoms. The van der Waals surface area contributed by atoms with E-state index in [9.17, 15) is 19.5 Å². The number of methoxy groups -OCH3 is 2. The zero-order valence-electron chi connectivity index (χ0n) is 18.3. The number of hydrogen-bond donors (Lipinski definition) is 3. The van der Waals surface area contributed by atoms with Crippen LogP contribution in [-0.2, 0) is 4.79 Å². The first-order chi connectivity index (χ1) is 16.3. The van der Waals surface area contributed by atoms with Crippen molar-refractivity contribution < 1.29 is 29.0 Å². The molecule has 3 aromatic rings. The summed E-state index contributed by atoms with van der Waals surface area (Å²) in [5, 5.41) is 14.5. The maximum atomic E-state index is 13.2. The molecule has 0 fully saturated rings. The van der Waals surface area contributed by atoms with Gasteiger partial charge in [0.05, 0.1) is 29.9 Å². The van der Waals surface area contributed by atoms with Crippen LogP contribution in [0, 0.1) is 0 Å². The van der Waals surface area contributed by atoms with Gasteiger partial charge in [0.15, 0.2) is 0 Å². The second-order valence-electron chi connectivity index (χ2n) is 6.95. The van der Waals surface area contributed by atoms with Gasteiger partial charge in [-0.2, -0.15) is 0 Å². The molecule has 2 amide bonds. The average molecular weight is 525 g/mol. The number of nitrogens with one attached hydrogen (secondary N) is 2. The molecule has 0 aromatic heterocycles. The van der Waals surface area contributed by atoms with Crippen LogP contribution >= 0.6 is 15.9 Å². The van der Waals surface area contributed by atoms with Crippen LogP contribution in [0.15, 0.2) is 76.9 Å². The number of halogens is 1. The molecular weight excluding hydrogens is 504 g/mol. The van der Waals surface area contributed by atoms with Gasteiger partial charge < -0.3 is 25.2 Å². The van der Waals surface area contributed by atoms with E-state index in [0.717, 1.165) is 0 Å². The minimum atomic E-state index is -1.16. The van der Waals surface area contributed by atoms with Crippen LogP contribution in [0.4, 0.5) is 5.69 Å². The third-order valence-electron chi connectivity index (χ3n) is 4.71. The molecule has 0 aliphatic rings. The van der Waals surface area contributed by atoms with Crippen molar-refractivity contribution in [3.63, 3.8) is 0 Å². The summed E-state index contributed by atoms with van der Waals surface area (Å²) in [6, 6.07) is 17.7. The first kappa shape index (κ1) is 24.5. The van der Waals surface area contributed by atoms with E-state index in [1.807, 2.05) is 0 Å². The summed E-state index contributed by atoms with van der Waals surface area (Å²) in [4.78, 5) is 37.3. The lowest BCUT2D eigenvalue weighted by atomic mass is 10.1. The molecule has 0 heterocycles. The van der Waals surface area contributed by atoms with E-state index in [4.69, 9.17) is 9.47 Å². The Morgan fingerprint density at radius 1 is 0.882 bits per heavy atom. The number of amides is 2. The third-order valence-corrected chi connectivity index (χ3v) is 5.33. The Morgan fingerprint density at radius 3 is 2.18 bits per heavy atom. The van der Waals surface area contributed by atoms with Gasteiger partial charge in [-0.3, -0.25) is 9.59 Å². The van der Waals surface area contributed by atoms with Crippen molar-refractivity contribution in [2.24, 2.45) is 0 Å². The highest BCUT2D eigenvalue weighted by molar-refractivity contribution is 9.10. The Bertz CT molecular complexity index is 1260. The summed E-state index contributed by atoms with van der Waals surface area (Å²) in [6.45, 7) is 0. The molecule has 0 radical (unpaired) electrons. The molecule has 3 N–H and O–H groups in total. The lowest BCUT2D eigenvalue weighted by Crippen LogP contribution is -2.30. The number of benzene rings is 3. The smallest absolute Gasteiger partial charge is 0.335 e. The third kappa shape index (κ3) is 6.02. The highest BCUT2D eigenvalue weighted by atomic mass is 79.9. The molecular formula is C25H21BrN2O6. The Labute approximate surface area is 204 Å². The lowest BCUT2D eigenvalue weighted by molar-refractivity contribution is -0.113. The molecule has 3 rings (SSSR count). The zero-order valence-corrected chi connectivity index (χ0v) is 19.9. The SMILES string of the molecule is COc1ccc(/C=C(/NC(=O)c2ccccc2)C(=O)Nc2cc(C(=O)O)ccc2OC)cc1Br. The Hall–Kier alpha value is -4.11. The number of rotatable bonds is 8. The fraction of sp³-hybridized carbons (Fsp3) is 0.0800. The van der Waals surface area contributed by atoms with Gasteiger partial charge in [0, 0.05) is 5.56 Å². The minimum absolute atomic E-state index is 0.0333. The molecule has 0 aliphatic heterocycles. The second kappa shape index (κ2) is 11.2. The fourth-order valence-electron chi connectivity index (χ4n) is 3.01. The van der Waals surface area contributed by atoms with Gasteiger partial charge in [0.2, 0.25) is 0 Å². The van der Waals surface area contributed by atoms with E-state index in [1.54, 1.807) is 48.5 Å². The number of carbonyl (C=O) groups is 3. The number of aromatic carboxylic acids is 1. The summed E-state index contributed by atoms with van der Waals surface area (Å²) in [5.74, 6) is -1.45. The van der Waals surface area contributed by atoms with Crippen LogP contribution < -0.4 is 20.1 Å². The van der Waals surface area contributed by atoms with Crippen LogP contribution in [0.2, 0.25) is 0 Å². The summed E-state index contributed by atoms with van der Waals surface area (Å²) in [7, 11) is 2.93. The predicted molar refractivity (Wildman–Crippen MR) is 131 cm³/mol. The summed E-state index contributed by atoms with van der Waals surface area (Å²) >= 11 is 3.40. The fourth-order valence-corrected chi connectivity index (χ4v) is 3.57. The molecule has 0 atom stereocenters. The van der Waals surface area contributed by atoms with Gasteiger partial charge in [-0.25, -0.2) is 4.79 Å². The van der Waals surface area contributed by atoms with Crippen LogP contribution in [0.5, 0.6) is 11.5 Å². The first-order valence-electron chi connectivity index (χ1n) is 9.96. The molecule has 0 aliphatic carbocycles. The maximum absolute atomic E-state index is 13.2. The van der Waals surface area contributed by atoms with Crippen molar-refractivity contribution in [2.75, 3.05) is 19.5 Å². The molecule has 9 heteroatoms. The molecule has 0 saturated heterocycles. The van der Waals surface area contributed by atoms with Gasteiger partial charge in [-0.1, -0.05) is 24.3 Å². The highest BCUT2D eigenvalue weighted by Gasteiger charge is 2.18. The van der Waals surface area contributed by atoms with Crippen molar-refractivity contribution in [2.45, 2.75) is 0 Å². The summed E-state index contributed by atoms with van der Waals surface area (Å²) < 4.78 is 11.1. The monoisotopic (exact) mass is 524 g/mol. The molecule has 3 aromatic carbocycles. The number of carbonyl (C=O) groups excluding carboxylic acids is 2. The van der Waals surface area contributed by atoms with E-state index in [1.165, 1.54) is 38.5 Å². The second-order valence-corrected chi connectivity index (χ2v) is 7.80. The number of ether oxygens (including phenoxy) is 2. The number of anilines is 1. The average Bonchev–Trinajstić information content (AvgIpc) is 2.84. The molecule has 8 nitrogen and oxygen atoms in total. The van der Waals surface area contributed by atoms with Crippen LogP contribution in [0.1, 0.15) is 26.3 Å². The molecule has 0 saturated carbocycles. The maximum Gasteiger partial charge on any atom is 0.335 e. The molecule has 0 unspecified atom stereocenters. The van der Waals surface area contributed by atoms with E-state index in [0.29, 0.717) is 21.3 Å². The largest absolute Gasteiger partial charge is 0.496 e. The van der Waals surface area contributed by atoms with Crippen molar-refractivity contribution in [1.82, 2.24) is 5.32 Å². The van der Waals surface area contributed by atoms with Gasteiger partial charge in [-0.05, 0) is 70.0 Å². The Balaban J connectivity index is 1.98.